The lowest BCUT2D eigenvalue weighted by atomic mass is 10.1. The zero-order valence-corrected chi connectivity index (χ0v) is 12.0. The van der Waals surface area contributed by atoms with E-state index < -0.39 is 0 Å². The summed E-state index contributed by atoms with van der Waals surface area (Å²) in [5, 5.41) is 3.14. The van der Waals surface area contributed by atoms with Gasteiger partial charge < -0.3 is 15.0 Å². The number of nitrogens with one attached hydrogen (secondary N) is 1. The second-order valence-electron chi connectivity index (χ2n) is 4.98. The monoisotopic (exact) mass is 272 g/mol. The summed E-state index contributed by atoms with van der Waals surface area (Å²) in [4.78, 5) is 14.3. The number of likely N-dealkylation sites (N-methyl/N-ethyl adjacent to an activating group) is 1. The molecule has 2 heterocycles. The third-order valence-electron chi connectivity index (χ3n) is 3.62. The summed E-state index contributed by atoms with van der Waals surface area (Å²) in [6, 6.07) is 0.422. The molecule has 4 nitrogen and oxygen atoms in total. The molecule has 2 aliphatic rings. The zero-order chi connectivity index (χ0) is 12.8. The van der Waals surface area contributed by atoms with Crippen molar-refractivity contribution >= 4 is 17.7 Å². The molecule has 2 aliphatic heterocycles. The van der Waals surface area contributed by atoms with Gasteiger partial charge in [-0.25, -0.2) is 0 Å². The first-order valence-corrected chi connectivity index (χ1v) is 8.16. The van der Waals surface area contributed by atoms with Crippen LogP contribution in [0, 0.1) is 0 Å². The van der Waals surface area contributed by atoms with Crippen LogP contribution in [0.1, 0.15) is 26.2 Å². The Morgan fingerprint density at radius 3 is 3.00 bits per heavy atom. The Bertz CT molecular complexity index is 264. The fourth-order valence-corrected chi connectivity index (χ4v) is 3.79. The van der Waals surface area contributed by atoms with Crippen LogP contribution >= 0.6 is 11.8 Å². The second kappa shape index (κ2) is 7.36. The normalized spacial score (nSPS) is 27.6. The molecule has 0 aromatic carbocycles. The van der Waals surface area contributed by atoms with E-state index in [-0.39, 0.29) is 12.0 Å². The highest BCUT2D eigenvalue weighted by Crippen LogP contribution is 2.24. The molecule has 0 saturated carbocycles. The number of hydrogen-bond acceptors (Lipinski definition) is 4. The summed E-state index contributed by atoms with van der Waals surface area (Å²) in [5.41, 5.74) is 0. The van der Waals surface area contributed by atoms with Crippen LogP contribution in [0.25, 0.3) is 0 Å². The van der Waals surface area contributed by atoms with E-state index in [2.05, 4.69) is 10.2 Å². The Labute approximate surface area is 114 Å². The predicted molar refractivity (Wildman–Crippen MR) is 75.0 cm³/mol. The number of thioether (sulfide) groups is 1. The smallest absolute Gasteiger partial charge is 0.236 e. The molecule has 0 aliphatic carbocycles. The van der Waals surface area contributed by atoms with Gasteiger partial charge in [0.25, 0.3) is 0 Å². The Morgan fingerprint density at radius 2 is 2.39 bits per heavy atom. The highest BCUT2D eigenvalue weighted by Gasteiger charge is 2.30. The summed E-state index contributed by atoms with van der Waals surface area (Å²) in [5.74, 6) is 2.51. The number of hydrogen-bond donors (Lipinski definition) is 1. The molecule has 2 atom stereocenters. The zero-order valence-electron chi connectivity index (χ0n) is 11.2. The van der Waals surface area contributed by atoms with E-state index in [0.717, 1.165) is 44.7 Å². The molecule has 5 heteroatoms. The molecule has 1 amide bonds. The molecule has 0 bridgehead atoms. The Morgan fingerprint density at radius 1 is 1.50 bits per heavy atom. The van der Waals surface area contributed by atoms with Gasteiger partial charge in [0.1, 0.15) is 0 Å². The minimum absolute atomic E-state index is 0.236. The van der Waals surface area contributed by atoms with Gasteiger partial charge in [-0.2, -0.15) is 11.8 Å². The number of ether oxygens (including phenoxy) is 1. The molecular weight excluding hydrogens is 248 g/mol. The minimum Gasteiger partial charge on any atom is -0.376 e. The van der Waals surface area contributed by atoms with Gasteiger partial charge in [-0.05, 0) is 31.6 Å². The van der Waals surface area contributed by atoms with Crippen molar-refractivity contribution in [2.24, 2.45) is 0 Å². The molecule has 18 heavy (non-hydrogen) atoms. The summed E-state index contributed by atoms with van der Waals surface area (Å²) < 4.78 is 5.68. The maximum atomic E-state index is 12.3. The van der Waals surface area contributed by atoms with Crippen molar-refractivity contribution in [3.05, 3.63) is 0 Å². The lowest BCUT2D eigenvalue weighted by molar-refractivity contribution is -0.133. The summed E-state index contributed by atoms with van der Waals surface area (Å²) >= 11 is 1.95. The number of nitrogens with zero attached hydrogens (tertiary/aromatic N) is 1. The number of carbonyl (C=O) groups excluding carboxylic acids is 1. The topological polar surface area (TPSA) is 41.6 Å². The number of amides is 1. The van der Waals surface area contributed by atoms with E-state index in [4.69, 9.17) is 4.74 Å². The van der Waals surface area contributed by atoms with Crippen LogP contribution in [0.5, 0.6) is 0 Å². The molecule has 2 fully saturated rings. The van der Waals surface area contributed by atoms with Crippen LogP contribution in [0.2, 0.25) is 0 Å². The highest BCUT2D eigenvalue weighted by molar-refractivity contribution is 7.99. The van der Waals surface area contributed by atoms with Gasteiger partial charge in [-0.15, -0.1) is 0 Å². The van der Waals surface area contributed by atoms with Gasteiger partial charge in [0.2, 0.25) is 5.91 Å². The first-order valence-electron chi connectivity index (χ1n) is 7.00. The van der Waals surface area contributed by atoms with Crippen LogP contribution < -0.4 is 5.32 Å². The van der Waals surface area contributed by atoms with E-state index in [1.54, 1.807) is 0 Å². The summed E-state index contributed by atoms with van der Waals surface area (Å²) in [6.45, 7) is 4.99. The van der Waals surface area contributed by atoms with E-state index in [0.29, 0.717) is 12.6 Å². The van der Waals surface area contributed by atoms with Crippen LogP contribution in [0.3, 0.4) is 0 Å². The van der Waals surface area contributed by atoms with Gasteiger partial charge in [-0.1, -0.05) is 6.92 Å². The Balaban J connectivity index is 1.90. The average molecular weight is 272 g/mol. The molecule has 2 saturated heterocycles. The molecule has 0 aromatic heterocycles. The SMILES string of the molecule is CCNCC(=O)N(CC1CCCO1)C1CCSC1. The third kappa shape index (κ3) is 3.87. The van der Waals surface area contributed by atoms with E-state index in [1.807, 2.05) is 18.7 Å². The molecule has 104 valence electrons. The van der Waals surface area contributed by atoms with Gasteiger partial charge >= 0.3 is 0 Å². The highest BCUT2D eigenvalue weighted by atomic mass is 32.2. The largest absolute Gasteiger partial charge is 0.376 e. The lowest BCUT2D eigenvalue weighted by Gasteiger charge is -2.31. The van der Waals surface area contributed by atoms with Crippen LogP contribution in [0.15, 0.2) is 0 Å². The molecule has 0 spiro atoms. The standard InChI is InChI=1S/C13H24N2O2S/c1-2-14-8-13(16)15(11-5-7-18-10-11)9-12-4-3-6-17-12/h11-12,14H,2-10H2,1H3. The van der Waals surface area contributed by atoms with Crippen molar-refractivity contribution in [2.45, 2.75) is 38.3 Å². The van der Waals surface area contributed by atoms with Crippen molar-refractivity contribution in [3.8, 4) is 0 Å². The van der Waals surface area contributed by atoms with Crippen molar-refractivity contribution in [2.75, 3.05) is 37.7 Å². The van der Waals surface area contributed by atoms with Crippen molar-refractivity contribution < 1.29 is 9.53 Å². The lowest BCUT2D eigenvalue weighted by Crippen LogP contribution is -2.48. The minimum atomic E-state index is 0.236. The average Bonchev–Trinajstić information content (AvgIpc) is 3.05. The van der Waals surface area contributed by atoms with Gasteiger partial charge in [0.05, 0.1) is 12.6 Å². The van der Waals surface area contributed by atoms with Gasteiger partial charge in [-0.3, -0.25) is 4.79 Å². The van der Waals surface area contributed by atoms with E-state index in [9.17, 15) is 4.79 Å². The predicted octanol–water partition coefficient (Wildman–Crippen LogP) is 1.11. The van der Waals surface area contributed by atoms with E-state index in [1.165, 1.54) is 5.75 Å². The fourth-order valence-electron chi connectivity index (χ4n) is 2.56. The van der Waals surface area contributed by atoms with Crippen molar-refractivity contribution in [1.29, 1.82) is 0 Å². The van der Waals surface area contributed by atoms with Crippen LogP contribution in [-0.2, 0) is 9.53 Å². The number of carbonyl (C=O) groups is 1. The fraction of sp³-hybridized carbons (Fsp3) is 0.923. The van der Waals surface area contributed by atoms with Crippen molar-refractivity contribution in [1.82, 2.24) is 10.2 Å². The first kappa shape index (κ1) is 14.2. The molecule has 0 aromatic rings. The van der Waals surface area contributed by atoms with Crippen molar-refractivity contribution in [3.63, 3.8) is 0 Å². The van der Waals surface area contributed by atoms with Gasteiger partial charge in [0, 0.05) is 24.9 Å². The van der Waals surface area contributed by atoms with Gasteiger partial charge in [0.15, 0.2) is 0 Å². The third-order valence-corrected chi connectivity index (χ3v) is 4.76. The van der Waals surface area contributed by atoms with E-state index >= 15 is 0 Å². The maximum absolute atomic E-state index is 12.3. The van der Waals surface area contributed by atoms with Crippen LogP contribution in [-0.4, -0.2) is 60.7 Å². The first-order chi connectivity index (χ1) is 8.81. The number of rotatable bonds is 6. The molecule has 1 N–H and O–H groups in total. The maximum Gasteiger partial charge on any atom is 0.236 e. The molecule has 0 radical (unpaired) electrons. The molecular formula is C13H24N2O2S. The second-order valence-corrected chi connectivity index (χ2v) is 6.13. The summed E-state index contributed by atoms with van der Waals surface area (Å²) in [7, 11) is 0. The quantitative estimate of drug-likeness (QED) is 0.786. The van der Waals surface area contributed by atoms with Crippen LogP contribution in [0.4, 0.5) is 0 Å². The Hall–Kier alpha value is -0.260. The molecule has 2 rings (SSSR count). The Kier molecular flexibility index (Phi) is 5.79. The summed E-state index contributed by atoms with van der Waals surface area (Å²) in [6.07, 6.45) is 3.64. The molecule has 2 unspecified atom stereocenters.